The molecule has 8 heteroatoms. The maximum absolute atomic E-state index is 14.4. The second kappa shape index (κ2) is 20.8. The van der Waals surface area contributed by atoms with Gasteiger partial charge in [0.2, 0.25) is 0 Å². The zero-order chi connectivity index (χ0) is 34.1. The monoisotopic (exact) mass is 658 g/mol. The summed E-state index contributed by atoms with van der Waals surface area (Å²) in [4.78, 5) is 32.4. The van der Waals surface area contributed by atoms with Crippen molar-refractivity contribution < 1.29 is 23.8 Å². The molecule has 2 N–H and O–H groups in total. The Hall–Kier alpha value is -2.29. The number of ether oxygens (including phenoxy) is 3. The first-order chi connectivity index (χ1) is 21.9. The highest BCUT2D eigenvalue weighted by Crippen LogP contribution is 2.35. The topological polar surface area (TPSA) is 101 Å². The summed E-state index contributed by atoms with van der Waals surface area (Å²) in [5.41, 5.74) is 7.77. The number of aromatic nitrogens is 1. The molecule has 0 spiro atoms. The Kier molecular flexibility index (Phi) is 18.1. The summed E-state index contributed by atoms with van der Waals surface area (Å²) in [6.45, 7) is 17.6. The second-order valence-corrected chi connectivity index (χ2v) is 14.6. The molecule has 1 aliphatic rings. The number of allylic oxidation sites excluding steroid dienone is 3. The smallest absolute Gasteiger partial charge is 0.309 e. The number of Topliss-reactive ketones (excluding diaryl/α,β-unsaturated/α-hetero) is 1. The Morgan fingerprint density at radius 2 is 1.72 bits per heavy atom. The van der Waals surface area contributed by atoms with Crippen LogP contribution in [0.4, 0.5) is 5.13 Å². The molecule has 2 rings (SSSR count). The van der Waals surface area contributed by atoms with Gasteiger partial charge in [0.15, 0.2) is 5.13 Å². The summed E-state index contributed by atoms with van der Waals surface area (Å²) < 4.78 is 19.1. The fraction of sp³-hybridized carbons (Fsp3) is 0.711. The van der Waals surface area contributed by atoms with E-state index in [1.165, 1.54) is 16.9 Å². The van der Waals surface area contributed by atoms with E-state index < -0.39 is 17.6 Å². The third-order valence-electron chi connectivity index (χ3n) is 9.13. The van der Waals surface area contributed by atoms with Crippen molar-refractivity contribution in [1.82, 2.24) is 4.98 Å². The lowest BCUT2D eigenvalue weighted by Crippen LogP contribution is -2.47. The highest BCUT2D eigenvalue weighted by molar-refractivity contribution is 7.13. The van der Waals surface area contributed by atoms with Crippen LogP contribution in [-0.4, -0.2) is 48.3 Å². The summed E-state index contributed by atoms with van der Waals surface area (Å²) >= 11 is 1.38. The number of thiazole rings is 1. The molecule has 0 bridgehead atoms. The van der Waals surface area contributed by atoms with E-state index >= 15 is 0 Å². The Morgan fingerprint density at radius 3 is 2.39 bits per heavy atom. The van der Waals surface area contributed by atoms with Crippen LogP contribution in [-0.2, 0) is 23.8 Å². The number of nitrogen functional groups attached to an aromatic ring is 1. The number of nitrogens with zero attached hydrogens (tertiary/aromatic N) is 1. The van der Waals surface area contributed by atoms with Gasteiger partial charge in [0.1, 0.15) is 11.9 Å². The quantitative estimate of drug-likeness (QED) is 0.128. The summed E-state index contributed by atoms with van der Waals surface area (Å²) in [5, 5.41) is 2.39. The minimum absolute atomic E-state index is 0.00546. The van der Waals surface area contributed by atoms with E-state index in [0.29, 0.717) is 24.8 Å². The van der Waals surface area contributed by atoms with Crippen molar-refractivity contribution in [2.75, 3.05) is 18.9 Å². The van der Waals surface area contributed by atoms with Gasteiger partial charge in [0.05, 0.1) is 29.7 Å². The molecule has 5 atom stereocenters. The normalized spacial score (nSPS) is 26.7. The van der Waals surface area contributed by atoms with Gasteiger partial charge in [-0.25, -0.2) is 4.98 Å². The maximum Gasteiger partial charge on any atom is 0.309 e. The average Bonchev–Trinajstić information content (AvgIpc) is 3.43. The number of rotatable bonds is 13. The molecule has 0 amide bonds. The van der Waals surface area contributed by atoms with E-state index in [4.69, 9.17) is 19.9 Å². The molecule has 1 aliphatic heterocycles. The van der Waals surface area contributed by atoms with Crippen molar-refractivity contribution in [2.24, 2.45) is 17.3 Å². The molecule has 2 heterocycles. The van der Waals surface area contributed by atoms with Crippen LogP contribution in [0.3, 0.4) is 0 Å². The summed E-state index contributed by atoms with van der Waals surface area (Å²) in [6.07, 6.45) is 16.7. The molecular weight excluding hydrogens is 596 g/mol. The number of ketones is 1. The molecule has 0 saturated heterocycles. The Balaban J connectivity index is 2.45. The van der Waals surface area contributed by atoms with Crippen molar-refractivity contribution in [1.29, 1.82) is 0 Å². The molecule has 0 unspecified atom stereocenters. The predicted octanol–water partition coefficient (Wildman–Crippen LogP) is 9.53. The van der Waals surface area contributed by atoms with Gasteiger partial charge in [0.25, 0.3) is 0 Å². The van der Waals surface area contributed by atoms with Gasteiger partial charge in [-0.1, -0.05) is 97.4 Å². The second-order valence-electron chi connectivity index (χ2n) is 13.7. The van der Waals surface area contributed by atoms with Gasteiger partial charge >= 0.3 is 5.97 Å². The fourth-order valence-corrected chi connectivity index (χ4v) is 6.55. The van der Waals surface area contributed by atoms with Crippen LogP contribution >= 0.6 is 11.3 Å². The predicted molar refractivity (Wildman–Crippen MR) is 192 cm³/mol. The Labute approximate surface area is 283 Å². The Morgan fingerprint density at radius 1 is 1.04 bits per heavy atom. The molecule has 1 aromatic heterocycles. The van der Waals surface area contributed by atoms with E-state index in [9.17, 15) is 9.59 Å². The molecule has 0 aliphatic carbocycles. The largest absolute Gasteiger partial charge is 0.457 e. The van der Waals surface area contributed by atoms with E-state index in [-0.39, 0.29) is 36.1 Å². The number of carbonyl (C=O) groups excluding carboxylic acids is 2. The van der Waals surface area contributed by atoms with Crippen LogP contribution < -0.4 is 5.73 Å². The highest BCUT2D eigenvalue weighted by atomic mass is 32.1. The van der Waals surface area contributed by atoms with Gasteiger partial charge in [-0.15, -0.1) is 11.3 Å². The summed E-state index contributed by atoms with van der Waals surface area (Å²) in [5.74, 6) is -0.518. The van der Waals surface area contributed by atoms with Crippen molar-refractivity contribution in [3.05, 3.63) is 40.4 Å². The number of hydrogen-bond acceptors (Lipinski definition) is 8. The number of nitrogens with two attached hydrogens (primary N) is 1. The van der Waals surface area contributed by atoms with Crippen molar-refractivity contribution in [2.45, 2.75) is 144 Å². The number of carbonyl (C=O) groups is 2. The minimum Gasteiger partial charge on any atom is -0.457 e. The lowest BCUT2D eigenvalue weighted by atomic mass is 9.73. The molecule has 0 fully saturated rings. The first-order valence-corrected chi connectivity index (χ1v) is 18.4. The molecule has 0 aromatic carbocycles. The summed E-state index contributed by atoms with van der Waals surface area (Å²) in [7, 11) is 0. The van der Waals surface area contributed by atoms with Crippen LogP contribution in [0.25, 0.3) is 6.08 Å². The van der Waals surface area contributed by atoms with Crippen LogP contribution in [0, 0.1) is 17.3 Å². The van der Waals surface area contributed by atoms with Crippen molar-refractivity contribution >= 4 is 34.3 Å². The SMILES string of the molecule is CCCCCCO[C@H]1CC(=O)O[C@H](/C(C)=C/c2csc(N)n2)C/C=C(/C)CC=CC[C@H](C)[C@H](OCCCCC)[C@@H](C)C(=O)C1(C)C. The van der Waals surface area contributed by atoms with Gasteiger partial charge in [-0.05, 0) is 57.1 Å². The molecule has 0 radical (unpaired) electrons. The van der Waals surface area contributed by atoms with E-state index in [1.54, 1.807) is 0 Å². The molecule has 0 saturated carbocycles. The minimum atomic E-state index is -0.924. The molecule has 1 aromatic rings. The number of hydrogen-bond donors (Lipinski definition) is 1. The fourth-order valence-electron chi connectivity index (χ4n) is 6.03. The van der Waals surface area contributed by atoms with Gasteiger partial charge in [-0.2, -0.15) is 0 Å². The zero-order valence-electron chi connectivity index (χ0n) is 29.9. The number of unbranched alkanes of at least 4 members (excludes halogenated alkanes) is 5. The Bertz CT molecular complexity index is 1150. The third kappa shape index (κ3) is 13.4. The first-order valence-electron chi connectivity index (χ1n) is 17.6. The van der Waals surface area contributed by atoms with Gasteiger partial charge < -0.3 is 19.9 Å². The van der Waals surface area contributed by atoms with Crippen LogP contribution in [0.2, 0.25) is 0 Å². The number of esters is 1. The maximum atomic E-state index is 14.4. The van der Waals surface area contributed by atoms with Crippen LogP contribution in [0.1, 0.15) is 132 Å². The third-order valence-corrected chi connectivity index (χ3v) is 9.82. The zero-order valence-corrected chi connectivity index (χ0v) is 30.8. The molecule has 46 heavy (non-hydrogen) atoms. The van der Waals surface area contributed by atoms with E-state index in [1.807, 2.05) is 39.2 Å². The van der Waals surface area contributed by atoms with Crippen molar-refractivity contribution in [3.8, 4) is 0 Å². The highest BCUT2D eigenvalue weighted by Gasteiger charge is 2.44. The van der Waals surface area contributed by atoms with Crippen LogP contribution in [0.15, 0.2) is 34.8 Å². The average molecular weight is 659 g/mol. The molecule has 260 valence electrons. The number of anilines is 1. The summed E-state index contributed by atoms with van der Waals surface area (Å²) in [6, 6.07) is 0. The number of cyclic esters (lactones) is 1. The lowest BCUT2D eigenvalue weighted by molar-refractivity contribution is -0.158. The first kappa shape index (κ1) is 39.9. The van der Waals surface area contributed by atoms with E-state index in [2.05, 4.69) is 50.9 Å². The molecule has 7 nitrogen and oxygen atoms in total. The standard InChI is InChI=1S/C38H62N2O5S/c1-9-11-13-17-22-43-33-25-34(41)45-32(29(5)24-31-26-46-37(39)40-31)21-20-27(3)18-14-15-19-28(4)35(44-23-16-12-10-2)30(6)36(42)38(33,7)8/h14-15,20,24,26,28,30,32-33,35H,9-13,16-19,21-23,25H2,1-8H3,(H2,39,40)/b15-14?,27-20-,29-24+/t28-,30+,32-,33-,35-/m0/s1. The van der Waals surface area contributed by atoms with Crippen LogP contribution in [0.5, 0.6) is 0 Å². The van der Waals surface area contributed by atoms with Gasteiger partial charge in [-0.3, -0.25) is 9.59 Å². The molecular formula is C38H62N2O5S. The van der Waals surface area contributed by atoms with Gasteiger partial charge in [0, 0.05) is 30.9 Å². The van der Waals surface area contributed by atoms with E-state index in [0.717, 1.165) is 69.1 Å². The lowest BCUT2D eigenvalue weighted by Gasteiger charge is -2.38. The van der Waals surface area contributed by atoms with Crippen molar-refractivity contribution in [3.63, 3.8) is 0 Å².